The van der Waals surface area contributed by atoms with Crippen molar-refractivity contribution in [1.82, 2.24) is 4.57 Å². The molecule has 2 rings (SSSR count). The van der Waals surface area contributed by atoms with E-state index in [4.69, 9.17) is 0 Å². The van der Waals surface area contributed by atoms with E-state index in [1.807, 2.05) is 6.08 Å². The summed E-state index contributed by atoms with van der Waals surface area (Å²) < 4.78 is 4.59. The van der Waals surface area contributed by atoms with Crippen LogP contribution >= 0.6 is 0 Å². The van der Waals surface area contributed by atoms with Crippen molar-refractivity contribution in [2.24, 2.45) is 0 Å². The molecular weight excluding hydrogens is 136 g/mol. The lowest BCUT2D eigenvalue weighted by Crippen LogP contribution is -2.30. The van der Waals surface area contributed by atoms with Gasteiger partial charge < -0.3 is 0 Å². The molecule has 0 amide bonds. The Morgan fingerprint density at radius 1 is 1.73 bits per heavy atom. The van der Waals surface area contributed by atoms with Crippen molar-refractivity contribution in [3.05, 3.63) is 30.9 Å². The highest BCUT2D eigenvalue weighted by atomic mass is 15.2. The number of fused-ring (bicyclic) bond motifs is 1. The van der Waals surface area contributed by atoms with Crippen molar-refractivity contribution in [3.63, 3.8) is 0 Å². The third kappa shape index (κ3) is 0.985. The van der Waals surface area contributed by atoms with E-state index < -0.39 is 0 Å². The zero-order chi connectivity index (χ0) is 7.68. The van der Waals surface area contributed by atoms with Crippen LogP contribution in [-0.2, 0) is 19.5 Å². The summed E-state index contributed by atoms with van der Waals surface area (Å²) >= 11 is 0. The monoisotopic (exact) mass is 149 g/mol. The maximum absolute atomic E-state index is 3.73. The van der Waals surface area contributed by atoms with Gasteiger partial charge in [0.05, 0.1) is 13.0 Å². The average Bonchev–Trinajstić information content (AvgIpc) is 2.53. The predicted molar refractivity (Wildman–Crippen MR) is 43.1 cm³/mol. The first kappa shape index (κ1) is 6.65. The minimum Gasteiger partial charge on any atom is -0.234 e. The molecule has 1 aliphatic rings. The molecule has 11 heavy (non-hydrogen) atoms. The maximum atomic E-state index is 3.73. The number of aromatic nitrogens is 2. The van der Waals surface area contributed by atoms with Gasteiger partial charge in [-0.2, -0.15) is 0 Å². The third-order valence-corrected chi connectivity index (χ3v) is 2.21. The SMILES string of the molecule is C=CCn1cc[n+]2c1CCC2. The Balaban J connectivity index is 2.34. The lowest BCUT2D eigenvalue weighted by atomic mass is 10.3. The number of imidazole rings is 1. The van der Waals surface area contributed by atoms with E-state index in [-0.39, 0.29) is 0 Å². The largest absolute Gasteiger partial charge is 0.256 e. The van der Waals surface area contributed by atoms with Gasteiger partial charge >= 0.3 is 0 Å². The van der Waals surface area contributed by atoms with Gasteiger partial charge in [0.15, 0.2) is 0 Å². The fourth-order valence-corrected chi connectivity index (χ4v) is 1.70. The number of hydrogen-bond donors (Lipinski definition) is 0. The Morgan fingerprint density at radius 3 is 3.45 bits per heavy atom. The van der Waals surface area contributed by atoms with Crippen LogP contribution in [-0.4, -0.2) is 4.57 Å². The van der Waals surface area contributed by atoms with Crippen LogP contribution in [0.15, 0.2) is 25.0 Å². The molecule has 58 valence electrons. The van der Waals surface area contributed by atoms with Crippen LogP contribution in [0.5, 0.6) is 0 Å². The fraction of sp³-hybridized carbons (Fsp3) is 0.444. The van der Waals surface area contributed by atoms with Crippen molar-refractivity contribution in [3.8, 4) is 0 Å². The topological polar surface area (TPSA) is 8.81 Å². The standard InChI is InChI=1S/C9H13N2/c1-2-5-10-7-8-11-6-3-4-9(10)11/h2,7-8H,1,3-6H2/q+1. The lowest BCUT2D eigenvalue weighted by Gasteiger charge is -1.91. The van der Waals surface area contributed by atoms with Gasteiger partial charge in [-0.3, -0.25) is 0 Å². The van der Waals surface area contributed by atoms with Crippen LogP contribution in [0, 0.1) is 0 Å². The quantitative estimate of drug-likeness (QED) is 0.436. The predicted octanol–water partition coefficient (Wildman–Crippen LogP) is 0.908. The van der Waals surface area contributed by atoms with Crippen molar-refractivity contribution in [2.45, 2.75) is 25.9 Å². The number of nitrogens with zero attached hydrogens (tertiary/aromatic N) is 2. The van der Waals surface area contributed by atoms with Gasteiger partial charge in [-0.1, -0.05) is 12.7 Å². The van der Waals surface area contributed by atoms with Crippen molar-refractivity contribution >= 4 is 0 Å². The zero-order valence-electron chi connectivity index (χ0n) is 6.66. The molecule has 0 aromatic carbocycles. The normalized spacial score (nSPS) is 14.9. The lowest BCUT2D eigenvalue weighted by molar-refractivity contribution is -0.690. The molecule has 2 heteroatoms. The summed E-state index contributed by atoms with van der Waals surface area (Å²) in [5.41, 5.74) is 0. The molecule has 1 aromatic heterocycles. The van der Waals surface area contributed by atoms with E-state index in [1.54, 1.807) is 0 Å². The number of aryl methyl sites for hydroxylation is 1. The highest BCUT2D eigenvalue weighted by molar-refractivity contribution is 4.89. The van der Waals surface area contributed by atoms with E-state index in [1.165, 1.54) is 25.2 Å². The van der Waals surface area contributed by atoms with Crippen molar-refractivity contribution in [1.29, 1.82) is 0 Å². The van der Waals surface area contributed by atoms with Gasteiger partial charge in [-0.25, -0.2) is 9.13 Å². The van der Waals surface area contributed by atoms with Gasteiger partial charge in [-0.05, 0) is 6.42 Å². The molecule has 0 saturated carbocycles. The molecule has 2 nitrogen and oxygen atoms in total. The minimum absolute atomic E-state index is 0.947. The van der Waals surface area contributed by atoms with Crippen LogP contribution in [0.1, 0.15) is 12.2 Å². The van der Waals surface area contributed by atoms with Crippen molar-refractivity contribution in [2.75, 3.05) is 0 Å². The Bertz CT molecular complexity index is 273. The van der Waals surface area contributed by atoms with Crippen LogP contribution in [0.3, 0.4) is 0 Å². The summed E-state index contributed by atoms with van der Waals surface area (Å²) in [6.07, 6.45) is 8.76. The first-order valence-corrected chi connectivity index (χ1v) is 4.10. The first-order chi connectivity index (χ1) is 5.42. The molecule has 0 unspecified atom stereocenters. The second-order valence-corrected chi connectivity index (χ2v) is 2.95. The summed E-state index contributed by atoms with van der Waals surface area (Å²) in [4.78, 5) is 0. The van der Waals surface area contributed by atoms with Gasteiger partial charge in [0, 0.05) is 0 Å². The molecule has 0 aliphatic carbocycles. The Kier molecular flexibility index (Phi) is 1.53. The van der Waals surface area contributed by atoms with Gasteiger partial charge in [-0.15, -0.1) is 0 Å². The second-order valence-electron chi connectivity index (χ2n) is 2.95. The van der Waals surface area contributed by atoms with Crippen LogP contribution < -0.4 is 4.57 Å². The third-order valence-electron chi connectivity index (χ3n) is 2.21. The van der Waals surface area contributed by atoms with E-state index in [2.05, 4.69) is 28.1 Å². The van der Waals surface area contributed by atoms with Crippen LogP contribution in [0.4, 0.5) is 0 Å². The van der Waals surface area contributed by atoms with Gasteiger partial charge in [0.2, 0.25) is 0 Å². The highest BCUT2D eigenvalue weighted by Gasteiger charge is 2.21. The summed E-state index contributed by atoms with van der Waals surface area (Å²) in [6, 6.07) is 0. The van der Waals surface area contributed by atoms with Gasteiger partial charge in [0.25, 0.3) is 5.82 Å². The average molecular weight is 149 g/mol. The minimum atomic E-state index is 0.947. The molecule has 0 saturated heterocycles. The van der Waals surface area contributed by atoms with Gasteiger partial charge in [0.1, 0.15) is 18.9 Å². The summed E-state index contributed by atoms with van der Waals surface area (Å²) in [5, 5.41) is 0. The first-order valence-electron chi connectivity index (χ1n) is 4.10. The summed E-state index contributed by atoms with van der Waals surface area (Å²) in [7, 11) is 0. The molecule has 2 heterocycles. The number of hydrogen-bond acceptors (Lipinski definition) is 0. The van der Waals surface area contributed by atoms with E-state index in [0.29, 0.717) is 0 Å². The fourth-order valence-electron chi connectivity index (χ4n) is 1.70. The van der Waals surface area contributed by atoms with E-state index >= 15 is 0 Å². The number of allylic oxidation sites excluding steroid dienone is 1. The number of rotatable bonds is 2. The molecule has 1 aliphatic heterocycles. The summed E-state index contributed by atoms with van der Waals surface area (Å²) in [5.74, 6) is 1.45. The van der Waals surface area contributed by atoms with E-state index in [9.17, 15) is 0 Å². The second kappa shape index (κ2) is 2.53. The molecule has 0 atom stereocenters. The summed E-state index contributed by atoms with van der Waals surface area (Å²) in [6.45, 7) is 5.87. The highest BCUT2D eigenvalue weighted by Crippen LogP contribution is 2.06. The smallest absolute Gasteiger partial charge is 0.234 e. The molecule has 1 aromatic rings. The molecule has 0 N–H and O–H groups in total. The molecule has 0 spiro atoms. The Hall–Kier alpha value is -1.05. The molecular formula is C9H13N2+. The molecule has 0 bridgehead atoms. The van der Waals surface area contributed by atoms with E-state index in [0.717, 1.165) is 6.54 Å². The zero-order valence-corrected chi connectivity index (χ0v) is 6.66. The molecule has 0 radical (unpaired) electrons. The maximum Gasteiger partial charge on any atom is 0.256 e. The van der Waals surface area contributed by atoms with Crippen LogP contribution in [0.2, 0.25) is 0 Å². The van der Waals surface area contributed by atoms with Crippen molar-refractivity contribution < 1.29 is 4.57 Å². The Morgan fingerprint density at radius 2 is 2.64 bits per heavy atom. The Labute approximate surface area is 66.8 Å². The molecule has 0 fully saturated rings. The van der Waals surface area contributed by atoms with Crippen LogP contribution in [0.25, 0.3) is 0 Å².